The first-order valence-corrected chi connectivity index (χ1v) is 9.05. The number of hydrogen-bond donors (Lipinski definition) is 1. The van der Waals surface area contributed by atoms with Gasteiger partial charge in [-0.1, -0.05) is 30.3 Å². The average Bonchev–Trinajstić information content (AvgIpc) is 2.77. The van der Waals surface area contributed by atoms with Crippen molar-refractivity contribution in [3.05, 3.63) is 89.5 Å². The minimum Gasteiger partial charge on any atom is -0.504 e. The van der Waals surface area contributed by atoms with Crippen LogP contribution < -0.4 is 14.2 Å². The van der Waals surface area contributed by atoms with Gasteiger partial charge in [0.2, 0.25) is 0 Å². The van der Waals surface area contributed by atoms with Gasteiger partial charge in [0.15, 0.2) is 17.3 Å². The number of ether oxygens (including phenoxy) is 3. The van der Waals surface area contributed by atoms with Crippen molar-refractivity contribution < 1.29 is 24.1 Å². The summed E-state index contributed by atoms with van der Waals surface area (Å²) in [5.74, 6) is 1.54. The lowest BCUT2D eigenvalue weighted by atomic mass is 10.1. The fourth-order valence-electron chi connectivity index (χ4n) is 2.79. The van der Waals surface area contributed by atoms with E-state index in [1.807, 2.05) is 48.5 Å². The SMILES string of the molecule is COc1cc(C(=O)/C=C/c2ccc(OC)c(COc3ccccc3)c2)ccc1O. The summed E-state index contributed by atoms with van der Waals surface area (Å²) in [7, 11) is 3.05. The minimum atomic E-state index is -0.193. The maximum atomic E-state index is 12.4. The Labute approximate surface area is 169 Å². The number of methoxy groups -OCH3 is 2. The Bertz CT molecular complexity index is 1010. The van der Waals surface area contributed by atoms with Crippen LogP contribution in [0.15, 0.2) is 72.8 Å². The van der Waals surface area contributed by atoms with Crippen LogP contribution in [0.4, 0.5) is 0 Å². The van der Waals surface area contributed by atoms with Gasteiger partial charge in [0.25, 0.3) is 0 Å². The molecule has 29 heavy (non-hydrogen) atoms. The molecule has 3 aromatic rings. The highest BCUT2D eigenvalue weighted by atomic mass is 16.5. The van der Waals surface area contributed by atoms with Crippen molar-refractivity contribution >= 4 is 11.9 Å². The van der Waals surface area contributed by atoms with Gasteiger partial charge in [0.1, 0.15) is 18.1 Å². The number of phenols is 1. The third kappa shape index (κ3) is 5.17. The molecule has 0 spiro atoms. The number of allylic oxidation sites excluding steroid dienone is 1. The van der Waals surface area contributed by atoms with Gasteiger partial charge in [-0.05, 0) is 54.1 Å². The fraction of sp³-hybridized carbons (Fsp3) is 0.125. The first-order chi connectivity index (χ1) is 14.1. The highest BCUT2D eigenvalue weighted by Crippen LogP contribution is 2.27. The molecule has 0 unspecified atom stereocenters. The van der Waals surface area contributed by atoms with Crippen LogP contribution in [0.25, 0.3) is 6.08 Å². The molecule has 3 rings (SSSR count). The maximum absolute atomic E-state index is 12.4. The summed E-state index contributed by atoms with van der Waals surface area (Å²) in [6.45, 7) is 0.345. The molecule has 0 saturated carbocycles. The molecular formula is C24H22O5. The normalized spacial score (nSPS) is 10.7. The van der Waals surface area contributed by atoms with Crippen LogP contribution in [0.1, 0.15) is 21.5 Å². The lowest BCUT2D eigenvalue weighted by molar-refractivity contribution is 0.104. The van der Waals surface area contributed by atoms with E-state index >= 15 is 0 Å². The number of benzene rings is 3. The first-order valence-electron chi connectivity index (χ1n) is 9.05. The summed E-state index contributed by atoms with van der Waals surface area (Å²) in [5, 5.41) is 9.66. The van der Waals surface area contributed by atoms with Crippen LogP contribution in [-0.4, -0.2) is 25.1 Å². The van der Waals surface area contributed by atoms with Gasteiger partial charge in [0, 0.05) is 11.1 Å². The predicted octanol–water partition coefficient (Wildman–Crippen LogP) is 4.88. The molecule has 5 nitrogen and oxygen atoms in total. The van der Waals surface area contributed by atoms with Crippen LogP contribution in [0.2, 0.25) is 0 Å². The van der Waals surface area contributed by atoms with Crippen LogP contribution in [-0.2, 0) is 6.61 Å². The van der Waals surface area contributed by atoms with E-state index in [9.17, 15) is 9.90 Å². The van der Waals surface area contributed by atoms with Gasteiger partial charge in [0.05, 0.1) is 14.2 Å². The molecule has 0 atom stereocenters. The average molecular weight is 390 g/mol. The third-order valence-electron chi connectivity index (χ3n) is 4.33. The van der Waals surface area contributed by atoms with Crippen molar-refractivity contribution in [2.75, 3.05) is 14.2 Å². The molecule has 0 aliphatic carbocycles. The number of rotatable bonds is 8. The molecule has 0 bridgehead atoms. The van der Waals surface area contributed by atoms with Gasteiger partial charge in [-0.15, -0.1) is 0 Å². The Morgan fingerprint density at radius 1 is 0.931 bits per heavy atom. The number of carbonyl (C=O) groups is 1. The highest BCUT2D eigenvalue weighted by Gasteiger charge is 2.08. The lowest BCUT2D eigenvalue weighted by Gasteiger charge is -2.11. The topological polar surface area (TPSA) is 65.0 Å². The molecule has 0 aromatic heterocycles. The zero-order valence-corrected chi connectivity index (χ0v) is 16.3. The Morgan fingerprint density at radius 2 is 1.69 bits per heavy atom. The third-order valence-corrected chi connectivity index (χ3v) is 4.33. The second kappa shape index (κ2) is 9.46. The van der Waals surface area contributed by atoms with E-state index in [1.165, 1.54) is 25.3 Å². The number of carbonyl (C=O) groups excluding carboxylic acids is 1. The largest absolute Gasteiger partial charge is 0.504 e. The molecule has 0 aliphatic rings. The van der Waals surface area contributed by atoms with E-state index in [2.05, 4.69) is 0 Å². The second-order valence-electron chi connectivity index (χ2n) is 6.26. The summed E-state index contributed by atoms with van der Waals surface area (Å²) in [6.07, 6.45) is 3.21. The molecular weight excluding hydrogens is 368 g/mol. The molecule has 0 amide bonds. The van der Waals surface area contributed by atoms with Crippen molar-refractivity contribution in [3.63, 3.8) is 0 Å². The van der Waals surface area contributed by atoms with Crippen molar-refractivity contribution in [2.45, 2.75) is 6.61 Å². The minimum absolute atomic E-state index is 0.00811. The number of aromatic hydroxyl groups is 1. The molecule has 0 aliphatic heterocycles. The standard InChI is InChI=1S/C24H22O5/c1-27-23-13-9-17(14-19(23)16-29-20-6-4-3-5-7-20)8-11-21(25)18-10-12-22(26)24(15-18)28-2/h3-15,26H,16H2,1-2H3/b11-8+. The quantitative estimate of drug-likeness (QED) is 0.438. The molecule has 5 heteroatoms. The van der Waals surface area contributed by atoms with E-state index < -0.39 is 0 Å². The molecule has 0 saturated heterocycles. The summed E-state index contributed by atoms with van der Waals surface area (Å²) in [6, 6.07) is 19.7. The summed E-state index contributed by atoms with van der Waals surface area (Å²) >= 11 is 0. The lowest BCUT2D eigenvalue weighted by Crippen LogP contribution is -1.99. The zero-order chi connectivity index (χ0) is 20.6. The van der Waals surface area contributed by atoms with Crippen molar-refractivity contribution in [1.82, 2.24) is 0 Å². The van der Waals surface area contributed by atoms with E-state index in [0.717, 1.165) is 16.9 Å². The number of para-hydroxylation sites is 1. The fourth-order valence-corrected chi connectivity index (χ4v) is 2.79. The van der Waals surface area contributed by atoms with Crippen LogP contribution in [0, 0.1) is 0 Å². The van der Waals surface area contributed by atoms with Crippen LogP contribution in [0.5, 0.6) is 23.0 Å². The molecule has 3 aromatic carbocycles. The van der Waals surface area contributed by atoms with Gasteiger partial charge in [-0.3, -0.25) is 4.79 Å². The highest BCUT2D eigenvalue weighted by molar-refractivity contribution is 6.07. The summed E-state index contributed by atoms with van der Waals surface area (Å²) < 4.78 is 16.3. The smallest absolute Gasteiger partial charge is 0.185 e. The van der Waals surface area contributed by atoms with E-state index in [4.69, 9.17) is 14.2 Å². The number of ketones is 1. The monoisotopic (exact) mass is 390 g/mol. The Balaban J connectivity index is 1.75. The summed E-state index contributed by atoms with van der Waals surface area (Å²) in [5.41, 5.74) is 2.14. The molecule has 148 valence electrons. The molecule has 1 N–H and O–H groups in total. The van der Waals surface area contributed by atoms with Crippen molar-refractivity contribution in [3.8, 4) is 23.0 Å². The summed E-state index contributed by atoms with van der Waals surface area (Å²) in [4.78, 5) is 12.4. The van der Waals surface area contributed by atoms with Gasteiger partial charge in [-0.2, -0.15) is 0 Å². The van der Waals surface area contributed by atoms with E-state index in [-0.39, 0.29) is 17.3 Å². The number of hydrogen-bond acceptors (Lipinski definition) is 5. The van der Waals surface area contributed by atoms with Crippen molar-refractivity contribution in [1.29, 1.82) is 0 Å². The predicted molar refractivity (Wildman–Crippen MR) is 112 cm³/mol. The number of phenolic OH excluding ortho intramolecular Hbond substituents is 1. The van der Waals surface area contributed by atoms with Gasteiger partial charge >= 0.3 is 0 Å². The molecule has 0 fully saturated rings. The second-order valence-corrected chi connectivity index (χ2v) is 6.26. The van der Waals surface area contributed by atoms with Gasteiger partial charge < -0.3 is 19.3 Å². The maximum Gasteiger partial charge on any atom is 0.185 e. The zero-order valence-electron chi connectivity index (χ0n) is 16.3. The van der Waals surface area contributed by atoms with E-state index in [1.54, 1.807) is 19.3 Å². The van der Waals surface area contributed by atoms with E-state index in [0.29, 0.717) is 17.9 Å². The molecule has 0 heterocycles. The first kappa shape index (κ1) is 20.0. The Morgan fingerprint density at radius 3 is 2.41 bits per heavy atom. The van der Waals surface area contributed by atoms with Gasteiger partial charge in [-0.25, -0.2) is 0 Å². The van der Waals surface area contributed by atoms with Crippen molar-refractivity contribution in [2.24, 2.45) is 0 Å². The van der Waals surface area contributed by atoms with Crippen LogP contribution >= 0.6 is 0 Å². The Kier molecular flexibility index (Phi) is 6.53. The molecule has 0 radical (unpaired) electrons. The Hall–Kier alpha value is -3.73. The van der Waals surface area contributed by atoms with Crippen LogP contribution in [0.3, 0.4) is 0 Å².